The van der Waals surface area contributed by atoms with Crippen LogP contribution in [0.2, 0.25) is 0 Å². The first-order valence-electron chi connectivity index (χ1n) is 8.40. The highest BCUT2D eigenvalue weighted by Crippen LogP contribution is 2.25. The van der Waals surface area contributed by atoms with Gasteiger partial charge in [0.05, 0.1) is 23.8 Å². The van der Waals surface area contributed by atoms with E-state index in [1.54, 1.807) is 43.3 Å². The quantitative estimate of drug-likeness (QED) is 0.565. The molecule has 0 fully saturated rings. The fourth-order valence-corrected chi connectivity index (χ4v) is 3.15. The van der Waals surface area contributed by atoms with Crippen molar-refractivity contribution in [2.75, 3.05) is 13.2 Å². The van der Waals surface area contributed by atoms with Crippen molar-refractivity contribution in [3.63, 3.8) is 0 Å². The third-order valence-corrected chi connectivity index (χ3v) is 4.84. The first-order valence-corrected chi connectivity index (χ1v) is 9.88. The molecule has 0 amide bonds. The van der Waals surface area contributed by atoms with Crippen molar-refractivity contribution in [3.8, 4) is 11.5 Å². The summed E-state index contributed by atoms with van der Waals surface area (Å²) in [6.45, 7) is 8.41. The van der Waals surface area contributed by atoms with Crippen LogP contribution in [0.1, 0.15) is 31.9 Å². The predicted molar refractivity (Wildman–Crippen MR) is 102 cm³/mol. The van der Waals surface area contributed by atoms with E-state index in [1.807, 2.05) is 26.8 Å². The van der Waals surface area contributed by atoms with Gasteiger partial charge < -0.3 is 9.47 Å². The number of nitrogens with one attached hydrogen (secondary N) is 1. The molecule has 0 saturated carbocycles. The summed E-state index contributed by atoms with van der Waals surface area (Å²) >= 11 is 0. The van der Waals surface area contributed by atoms with Crippen LogP contribution in [0.5, 0.6) is 11.5 Å². The van der Waals surface area contributed by atoms with Crippen LogP contribution >= 0.6 is 0 Å². The fraction of sp³-hybridized carbons (Fsp3) is 0.316. The average Bonchev–Trinajstić information content (AvgIpc) is 2.62. The molecule has 140 valence electrons. The van der Waals surface area contributed by atoms with Crippen molar-refractivity contribution >= 4 is 15.7 Å². The van der Waals surface area contributed by atoms with Gasteiger partial charge in [-0.25, -0.2) is 0 Å². The number of rotatable bonds is 8. The van der Waals surface area contributed by atoms with Crippen LogP contribution in [0, 0.1) is 6.92 Å². The highest BCUT2D eigenvalue weighted by atomic mass is 32.2. The summed E-state index contributed by atoms with van der Waals surface area (Å²) < 4.78 is 35.9. The molecular formula is C19H24N2O4S. The van der Waals surface area contributed by atoms with Gasteiger partial charge in [0.2, 0.25) is 0 Å². The number of aryl methyl sites for hydroxylation is 1. The van der Waals surface area contributed by atoms with Gasteiger partial charge in [-0.2, -0.15) is 18.4 Å². The molecule has 0 heterocycles. The molecule has 0 aromatic heterocycles. The third-order valence-electron chi connectivity index (χ3n) is 3.62. The first kappa shape index (κ1) is 19.8. The second kappa shape index (κ2) is 8.71. The maximum Gasteiger partial charge on any atom is 0.276 e. The molecule has 0 unspecified atom stereocenters. The molecule has 6 nitrogen and oxygen atoms in total. The van der Waals surface area contributed by atoms with Crippen LogP contribution in [-0.2, 0) is 10.0 Å². The van der Waals surface area contributed by atoms with Gasteiger partial charge in [-0.15, -0.1) is 0 Å². The molecular weight excluding hydrogens is 352 g/mol. The molecule has 7 heteroatoms. The van der Waals surface area contributed by atoms with Crippen molar-refractivity contribution in [1.29, 1.82) is 0 Å². The highest BCUT2D eigenvalue weighted by molar-refractivity contribution is 7.89. The van der Waals surface area contributed by atoms with Crippen molar-refractivity contribution < 1.29 is 17.9 Å². The smallest absolute Gasteiger partial charge is 0.276 e. The highest BCUT2D eigenvalue weighted by Gasteiger charge is 2.14. The Balaban J connectivity index is 2.30. The Morgan fingerprint density at radius 1 is 1.04 bits per heavy atom. The maximum absolute atomic E-state index is 12.4. The molecule has 2 aromatic rings. The normalized spacial score (nSPS) is 11.9. The van der Waals surface area contributed by atoms with Gasteiger partial charge in [-0.3, -0.25) is 0 Å². The van der Waals surface area contributed by atoms with Gasteiger partial charge in [0.15, 0.2) is 0 Å². The number of sulfonamides is 1. The Hall–Kier alpha value is -2.54. The summed E-state index contributed by atoms with van der Waals surface area (Å²) in [5, 5.41) is 4.05. The minimum atomic E-state index is -3.74. The van der Waals surface area contributed by atoms with Crippen LogP contribution < -0.4 is 14.3 Å². The molecule has 0 atom stereocenters. The van der Waals surface area contributed by atoms with Crippen LogP contribution in [-0.4, -0.2) is 27.3 Å². The number of hydrazone groups is 1. The van der Waals surface area contributed by atoms with Crippen LogP contribution in [0.25, 0.3) is 0 Å². The van der Waals surface area contributed by atoms with Gasteiger partial charge >= 0.3 is 0 Å². The topological polar surface area (TPSA) is 77.0 Å². The Morgan fingerprint density at radius 3 is 2.31 bits per heavy atom. The van der Waals surface area contributed by atoms with E-state index >= 15 is 0 Å². The summed E-state index contributed by atoms with van der Waals surface area (Å²) in [6, 6.07) is 12.0. The summed E-state index contributed by atoms with van der Waals surface area (Å²) in [6.07, 6.45) is 0. The molecule has 0 aliphatic rings. The van der Waals surface area contributed by atoms with Gasteiger partial charge in [-0.05, 0) is 58.0 Å². The number of benzene rings is 2. The Kier molecular flexibility index (Phi) is 6.63. The zero-order chi connectivity index (χ0) is 19.2. The van der Waals surface area contributed by atoms with E-state index in [9.17, 15) is 8.42 Å². The van der Waals surface area contributed by atoms with E-state index in [-0.39, 0.29) is 4.90 Å². The summed E-state index contributed by atoms with van der Waals surface area (Å²) in [7, 11) is -3.74. The van der Waals surface area contributed by atoms with Crippen molar-refractivity contribution in [1.82, 2.24) is 4.83 Å². The maximum atomic E-state index is 12.4. The Labute approximate surface area is 154 Å². The molecule has 1 N–H and O–H groups in total. The Bertz CT molecular complexity index is 875. The zero-order valence-electron chi connectivity index (χ0n) is 15.4. The van der Waals surface area contributed by atoms with Gasteiger partial charge in [0.1, 0.15) is 11.5 Å². The van der Waals surface area contributed by atoms with E-state index in [0.29, 0.717) is 36.0 Å². The minimum absolute atomic E-state index is 0.160. The lowest BCUT2D eigenvalue weighted by Crippen LogP contribution is -2.20. The molecule has 0 bridgehead atoms. The molecule has 2 rings (SSSR count). The van der Waals surface area contributed by atoms with E-state index in [0.717, 1.165) is 5.56 Å². The van der Waals surface area contributed by atoms with E-state index < -0.39 is 10.0 Å². The lowest BCUT2D eigenvalue weighted by molar-refractivity contribution is 0.330. The summed E-state index contributed by atoms with van der Waals surface area (Å²) in [5.74, 6) is 1.29. The first-order chi connectivity index (χ1) is 12.4. The fourth-order valence-electron chi connectivity index (χ4n) is 2.29. The Morgan fingerprint density at radius 2 is 1.69 bits per heavy atom. The molecule has 0 saturated heterocycles. The monoisotopic (exact) mass is 376 g/mol. The van der Waals surface area contributed by atoms with Gasteiger partial charge in [0.25, 0.3) is 10.0 Å². The van der Waals surface area contributed by atoms with E-state index in [4.69, 9.17) is 9.47 Å². The van der Waals surface area contributed by atoms with Gasteiger partial charge in [0, 0.05) is 5.56 Å². The number of hydrogen-bond acceptors (Lipinski definition) is 5. The second-order valence-corrected chi connectivity index (χ2v) is 7.29. The largest absolute Gasteiger partial charge is 0.494 e. The SMILES string of the molecule is CCOc1ccc(OCC)c(/C(C)=N\NS(=O)(=O)c2ccc(C)cc2)c1. The number of ether oxygens (including phenoxy) is 2. The number of hydrogen-bond donors (Lipinski definition) is 1. The zero-order valence-corrected chi connectivity index (χ0v) is 16.3. The average molecular weight is 376 g/mol. The van der Waals surface area contributed by atoms with Crippen molar-refractivity contribution in [3.05, 3.63) is 53.6 Å². The molecule has 0 radical (unpaired) electrons. The summed E-state index contributed by atoms with van der Waals surface area (Å²) in [4.78, 5) is 2.44. The molecule has 0 aliphatic heterocycles. The molecule has 0 spiro atoms. The number of nitrogens with zero attached hydrogens (tertiary/aromatic N) is 1. The van der Waals surface area contributed by atoms with Crippen LogP contribution in [0.3, 0.4) is 0 Å². The van der Waals surface area contributed by atoms with Crippen molar-refractivity contribution in [2.24, 2.45) is 5.10 Å². The molecule has 2 aromatic carbocycles. The predicted octanol–water partition coefficient (Wildman–Crippen LogP) is 3.49. The third kappa shape index (κ3) is 4.98. The van der Waals surface area contributed by atoms with Crippen LogP contribution in [0.4, 0.5) is 0 Å². The lowest BCUT2D eigenvalue weighted by Gasteiger charge is -2.13. The van der Waals surface area contributed by atoms with Gasteiger partial charge in [-0.1, -0.05) is 17.7 Å². The van der Waals surface area contributed by atoms with Crippen molar-refractivity contribution in [2.45, 2.75) is 32.6 Å². The standard InChI is InChI=1S/C19H24N2O4S/c1-5-24-16-9-12-19(25-6-2)18(13-16)15(4)20-21-26(22,23)17-10-7-14(3)8-11-17/h7-13,21H,5-6H2,1-4H3/b20-15-. The minimum Gasteiger partial charge on any atom is -0.494 e. The van der Waals surface area contributed by atoms with Crippen LogP contribution in [0.15, 0.2) is 52.5 Å². The van der Waals surface area contributed by atoms with E-state index in [2.05, 4.69) is 9.93 Å². The summed E-state index contributed by atoms with van der Waals surface area (Å²) in [5.41, 5.74) is 2.13. The molecule has 0 aliphatic carbocycles. The second-order valence-electron chi connectivity index (χ2n) is 5.63. The van der Waals surface area contributed by atoms with E-state index in [1.165, 1.54) is 0 Å². The molecule has 26 heavy (non-hydrogen) atoms. The lowest BCUT2D eigenvalue weighted by atomic mass is 10.1.